The molecular weight excluding hydrogens is 475 g/mol. The van der Waals surface area contributed by atoms with Gasteiger partial charge in [-0.3, -0.25) is 15.0 Å². The molecule has 180 valence electrons. The third-order valence-corrected chi connectivity index (χ3v) is 7.87. The van der Waals surface area contributed by atoms with Gasteiger partial charge in [0.15, 0.2) is 5.13 Å². The lowest BCUT2D eigenvalue weighted by molar-refractivity contribution is -0.140. The number of hydrogen-bond acceptors (Lipinski definition) is 5. The van der Waals surface area contributed by atoms with Gasteiger partial charge < -0.3 is 5.11 Å². The zero-order chi connectivity index (χ0) is 24.2. The number of aromatic nitrogens is 1. The van der Waals surface area contributed by atoms with Crippen LogP contribution in [-0.2, 0) is 11.0 Å². The van der Waals surface area contributed by atoms with Crippen LogP contribution < -0.4 is 10.2 Å². The highest BCUT2D eigenvalue weighted by molar-refractivity contribution is 8.01. The van der Waals surface area contributed by atoms with E-state index in [0.29, 0.717) is 15.5 Å². The van der Waals surface area contributed by atoms with E-state index in [4.69, 9.17) is 5.11 Å². The van der Waals surface area contributed by atoms with Crippen LogP contribution in [0.15, 0.2) is 28.6 Å². The zero-order valence-corrected chi connectivity index (χ0v) is 19.9. The highest BCUT2D eigenvalue weighted by Gasteiger charge is 2.37. The maximum atomic E-state index is 13.8. The van der Waals surface area contributed by atoms with Crippen LogP contribution in [0, 0.1) is 18.8 Å². The maximum Gasteiger partial charge on any atom is 0.418 e. The standard InChI is InChI=1S/C22H26F3N3O3S2/c1-13-7-8-17(16(9-13)22(23,24)25)28(11-15-5-3-4-6-15)21(31)27-20-26-10-18(33-20)32-12-14(2)19(29)30/h7-10,14-15H,3-6,11-12H2,1-2H3,(H,29,30)(H,26,27,31). The summed E-state index contributed by atoms with van der Waals surface area (Å²) in [5.41, 5.74) is -0.544. The molecule has 1 fully saturated rings. The summed E-state index contributed by atoms with van der Waals surface area (Å²) < 4.78 is 42.1. The third kappa shape index (κ3) is 6.86. The first kappa shape index (κ1) is 25.4. The van der Waals surface area contributed by atoms with E-state index in [1.807, 2.05) is 0 Å². The fraction of sp³-hybridized carbons (Fsp3) is 0.500. The van der Waals surface area contributed by atoms with E-state index >= 15 is 0 Å². The van der Waals surface area contributed by atoms with E-state index in [1.165, 1.54) is 28.9 Å². The molecule has 0 spiro atoms. The first-order valence-corrected chi connectivity index (χ1v) is 12.4. The first-order chi connectivity index (χ1) is 15.5. The van der Waals surface area contributed by atoms with Crippen molar-refractivity contribution in [3.05, 3.63) is 35.5 Å². The maximum absolute atomic E-state index is 13.8. The Balaban J connectivity index is 1.81. The van der Waals surface area contributed by atoms with E-state index in [9.17, 15) is 22.8 Å². The molecule has 1 aromatic heterocycles. The third-order valence-electron chi connectivity index (χ3n) is 5.50. The van der Waals surface area contributed by atoms with Crippen molar-refractivity contribution in [1.29, 1.82) is 0 Å². The van der Waals surface area contributed by atoms with E-state index in [1.54, 1.807) is 19.9 Å². The van der Waals surface area contributed by atoms with Crippen molar-refractivity contribution in [2.24, 2.45) is 11.8 Å². The van der Waals surface area contributed by atoms with Gasteiger partial charge in [-0.2, -0.15) is 13.2 Å². The molecule has 1 heterocycles. The second-order valence-electron chi connectivity index (χ2n) is 8.24. The van der Waals surface area contributed by atoms with Gasteiger partial charge in [-0.25, -0.2) is 9.78 Å². The van der Waals surface area contributed by atoms with Crippen LogP contribution in [-0.4, -0.2) is 34.4 Å². The van der Waals surface area contributed by atoms with Gasteiger partial charge in [0.2, 0.25) is 0 Å². The van der Waals surface area contributed by atoms with Gasteiger partial charge in [-0.15, -0.1) is 11.8 Å². The van der Waals surface area contributed by atoms with Crippen molar-refractivity contribution >= 4 is 45.9 Å². The molecule has 1 aliphatic rings. The van der Waals surface area contributed by atoms with Crippen molar-refractivity contribution in [3.63, 3.8) is 0 Å². The number of carbonyl (C=O) groups excluding carboxylic acids is 1. The predicted octanol–water partition coefficient (Wildman–Crippen LogP) is 6.51. The molecule has 0 saturated heterocycles. The lowest BCUT2D eigenvalue weighted by Gasteiger charge is -2.28. The van der Waals surface area contributed by atoms with Crippen LogP contribution in [0.25, 0.3) is 0 Å². The molecule has 2 aromatic rings. The molecule has 6 nitrogen and oxygen atoms in total. The predicted molar refractivity (Wildman–Crippen MR) is 124 cm³/mol. The van der Waals surface area contributed by atoms with Crippen LogP contribution in [0.2, 0.25) is 0 Å². The van der Waals surface area contributed by atoms with Crippen LogP contribution in [0.4, 0.5) is 28.8 Å². The molecule has 2 amide bonds. The minimum atomic E-state index is -4.60. The van der Waals surface area contributed by atoms with Crippen LogP contribution in [0.5, 0.6) is 0 Å². The van der Waals surface area contributed by atoms with Crippen LogP contribution in [0.1, 0.15) is 43.7 Å². The second-order valence-corrected chi connectivity index (χ2v) is 10.6. The number of carbonyl (C=O) groups is 2. The average Bonchev–Trinajstić information content (AvgIpc) is 3.41. The zero-order valence-electron chi connectivity index (χ0n) is 18.3. The molecule has 0 bridgehead atoms. The van der Waals surface area contributed by atoms with Gasteiger partial charge in [-0.1, -0.05) is 42.7 Å². The smallest absolute Gasteiger partial charge is 0.418 e. The van der Waals surface area contributed by atoms with Gasteiger partial charge in [0, 0.05) is 12.3 Å². The second kappa shape index (κ2) is 10.8. The highest BCUT2D eigenvalue weighted by atomic mass is 32.2. The number of nitrogens with one attached hydrogen (secondary N) is 1. The van der Waals surface area contributed by atoms with Gasteiger partial charge >= 0.3 is 18.2 Å². The summed E-state index contributed by atoms with van der Waals surface area (Å²) in [4.78, 5) is 29.5. The normalized spacial score (nSPS) is 15.4. The number of aryl methyl sites for hydroxylation is 1. The van der Waals surface area contributed by atoms with Crippen LogP contribution in [0.3, 0.4) is 0 Å². The summed E-state index contributed by atoms with van der Waals surface area (Å²) >= 11 is 2.47. The molecule has 1 atom stereocenters. The molecule has 1 aliphatic carbocycles. The van der Waals surface area contributed by atoms with E-state index < -0.39 is 29.7 Å². The number of urea groups is 1. The molecule has 3 rings (SSSR count). The average molecular weight is 502 g/mol. The van der Waals surface area contributed by atoms with E-state index in [-0.39, 0.29) is 23.3 Å². The number of rotatable bonds is 8. The summed E-state index contributed by atoms with van der Waals surface area (Å²) in [6, 6.07) is 3.32. The Bertz CT molecular complexity index is 991. The number of hydrogen-bond donors (Lipinski definition) is 2. The molecular formula is C22H26F3N3O3S2. The number of amides is 2. The van der Waals surface area contributed by atoms with Gasteiger partial charge in [-0.05, 0) is 37.8 Å². The fourth-order valence-electron chi connectivity index (χ4n) is 3.68. The van der Waals surface area contributed by atoms with Crippen molar-refractivity contribution in [1.82, 2.24) is 4.98 Å². The Morgan fingerprint density at radius 1 is 1.33 bits per heavy atom. The monoisotopic (exact) mass is 501 g/mol. The topological polar surface area (TPSA) is 82.5 Å². The number of thioether (sulfide) groups is 1. The molecule has 33 heavy (non-hydrogen) atoms. The minimum absolute atomic E-state index is 0.137. The van der Waals surface area contributed by atoms with Crippen LogP contribution >= 0.6 is 23.1 Å². The number of halogens is 3. The molecule has 0 aliphatic heterocycles. The van der Waals surface area contributed by atoms with Crippen molar-refractivity contribution in [2.75, 3.05) is 22.5 Å². The molecule has 2 N–H and O–H groups in total. The number of anilines is 2. The molecule has 0 radical (unpaired) electrons. The van der Waals surface area contributed by atoms with Crippen molar-refractivity contribution in [3.8, 4) is 0 Å². The van der Waals surface area contributed by atoms with E-state index in [0.717, 1.165) is 43.1 Å². The minimum Gasteiger partial charge on any atom is -0.481 e. The molecule has 1 saturated carbocycles. The van der Waals surface area contributed by atoms with Crippen molar-refractivity contribution in [2.45, 2.75) is 49.9 Å². The highest BCUT2D eigenvalue weighted by Crippen LogP contribution is 2.39. The summed E-state index contributed by atoms with van der Waals surface area (Å²) in [7, 11) is 0. The molecule has 1 unspecified atom stereocenters. The SMILES string of the molecule is Cc1ccc(N(CC2CCCC2)C(=O)Nc2ncc(SCC(C)C(=O)O)s2)c(C(F)(F)F)c1. The Kier molecular flexibility index (Phi) is 8.28. The Labute approximate surface area is 198 Å². The number of carboxylic acids is 1. The summed E-state index contributed by atoms with van der Waals surface area (Å²) in [6.45, 7) is 3.38. The number of thiazole rings is 1. The fourth-order valence-corrected chi connectivity index (χ4v) is 5.58. The Morgan fingerprint density at radius 2 is 2.03 bits per heavy atom. The number of nitrogens with zero attached hydrogens (tertiary/aromatic N) is 2. The lowest BCUT2D eigenvalue weighted by atomic mass is 10.0. The Morgan fingerprint density at radius 3 is 2.67 bits per heavy atom. The lowest BCUT2D eigenvalue weighted by Crippen LogP contribution is -2.39. The molecule has 1 aromatic carbocycles. The number of carboxylic acid groups (broad SMARTS) is 1. The largest absolute Gasteiger partial charge is 0.481 e. The van der Waals surface area contributed by atoms with Gasteiger partial charge in [0.1, 0.15) is 0 Å². The number of alkyl halides is 3. The first-order valence-electron chi connectivity index (χ1n) is 10.6. The number of aliphatic carboxylic acids is 1. The summed E-state index contributed by atoms with van der Waals surface area (Å²) in [5.74, 6) is -0.962. The van der Waals surface area contributed by atoms with Crippen molar-refractivity contribution < 1.29 is 27.9 Å². The number of benzene rings is 1. The Hall–Kier alpha value is -2.27. The van der Waals surface area contributed by atoms with Gasteiger partial charge in [0.05, 0.1) is 27.6 Å². The van der Waals surface area contributed by atoms with Gasteiger partial charge in [0.25, 0.3) is 0 Å². The summed E-state index contributed by atoms with van der Waals surface area (Å²) in [6.07, 6.45) is 0.673. The quantitative estimate of drug-likeness (QED) is 0.403. The summed E-state index contributed by atoms with van der Waals surface area (Å²) in [5, 5.41) is 11.9. The molecule has 11 heteroatoms. The van der Waals surface area contributed by atoms with E-state index in [2.05, 4.69) is 10.3 Å².